The zero-order chi connectivity index (χ0) is 23.2. The lowest BCUT2D eigenvalue weighted by molar-refractivity contribution is -0.148. The van der Waals surface area contributed by atoms with E-state index < -0.39 is 0 Å². The van der Waals surface area contributed by atoms with Crippen LogP contribution in [0.15, 0.2) is 30.5 Å². The second-order valence-electron chi connectivity index (χ2n) is 9.02. The summed E-state index contributed by atoms with van der Waals surface area (Å²) in [5.74, 6) is 0.646. The molecule has 33 heavy (non-hydrogen) atoms. The Bertz CT molecular complexity index is 787. The molecule has 1 aromatic heterocycles. The minimum Gasteiger partial charge on any atom is -0.462 e. The van der Waals surface area contributed by atoms with Crippen LogP contribution in [-0.4, -0.2) is 28.2 Å². The Morgan fingerprint density at radius 1 is 0.970 bits per heavy atom. The Labute approximate surface area is 206 Å². The summed E-state index contributed by atoms with van der Waals surface area (Å²) in [6.45, 7) is 6.78. The molecular weight excluding hydrogens is 434 g/mol. The van der Waals surface area contributed by atoms with Gasteiger partial charge in [0.25, 0.3) is 0 Å². The molecule has 0 aliphatic heterocycles. The van der Waals surface area contributed by atoms with Crippen molar-refractivity contribution >= 4 is 18.4 Å². The number of carbonyl (C=O) groups excluding carboxylic acids is 1. The third-order valence-corrected chi connectivity index (χ3v) is 5.70. The summed E-state index contributed by atoms with van der Waals surface area (Å²) in [5, 5.41) is 0. The number of hydrogen-bond acceptors (Lipinski definition) is 4. The molecule has 0 saturated carbocycles. The van der Waals surface area contributed by atoms with Gasteiger partial charge in [0.2, 0.25) is 0 Å². The Morgan fingerprint density at radius 3 is 2.21 bits per heavy atom. The number of unbranched alkanes of at least 4 members (excludes halogenated alkanes) is 7. The van der Waals surface area contributed by atoms with Crippen LogP contribution in [0.2, 0.25) is 0 Å². The molecule has 0 radical (unpaired) electrons. The molecule has 0 atom stereocenters. The van der Waals surface area contributed by atoms with E-state index in [9.17, 15) is 4.79 Å². The molecule has 1 heterocycles. The fraction of sp³-hybridized carbons (Fsp3) is 0.630. The highest BCUT2D eigenvalue weighted by atomic mass is 35.5. The van der Waals surface area contributed by atoms with E-state index >= 15 is 0 Å². The Kier molecular flexibility index (Phi) is 14.8. The summed E-state index contributed by atoms with van der Waals surface area (Å²) in [6.07, 6.45) is 15.3. The van der Waals surface area contributed by atoms with E-state index in [1.165, 1.54) is 56.9 Å². The molecule has 1 aromatic carbocycles. The molecule has 0 fully saturated rings. The molecule has 6 heteroatoms. The minimum atomic E-state index is -0.237. The number of nitrogens with two attached hydrogens (primary N) is 1. The molecule has 0 spiro atoms. The predicted molar refractivity (Wildman–Crippen MR) is 140 cm³/mol. The molecule has 0 amide bonds. The summed E-state index contributed by atoms with van der Waals surface area (Å²) in [7, 11) is 0. The van der Waals surface area contributed by atoms with E-state index in [-0.39, 0.29) is 31.0 Å². The number of rotatable bonds is 16. The van der Waals surface area contributed by atoms with Crippen LogP contribution in [0.3, 0.4) is 0 Å². The molecule has 5 nitrogen and oxygen atoms in total. The Hall–Kier alpha value is -1.85. The predicted octanol–water partition coefficient (Wildman–Crippen LogP) is 6.50. The summed E-state index contributed by atoms with van der Waals surface area (Å²) in [4.78, 5) is 17.0. The summed E-state index contributed by atoms with van der Waals surface area (Å²) in [6, 6.07) is 8.71. The van der Waals surface area contributed by atoms with Gasteiger partial charge in [-0.05, 0) is 45.2 Å². The largest absolute Gasteiger partial charge is 0.462 e. The third kappa shape index (κ3) is 11.2. The van der Waals surface area contributed by atoms with Crippen molar-refractivity contribution in [2.75, 3.05) is 6.54 Å². The number of benzene rings is 1. The van der Waals surface area contributed by atoms with Gasteiger partial charge < -0.3 is 15.0 Å². The van der Waals surface area contributed by atoms with Gasteiger partial charge in [-0.25, -0.2) is 4.98 Å². The van der Waals surface area contributed by atoms with Crippen LogP contribution >= 0.6 is 12.4 Å². The van der Waals surface area contributed by atoms with E-state index in [1.54, 1.807) is 0 Å². The van der Waals surface area contributed by atoms with Crippen LogP contribution in [0.1, 0.15) is 89.9 Å². The Balaban J connectivity index is 0.00000544. The number of imidazole rings is 1. The van der Waals surface area contributed by atoms with Crippen LogP contribution < -0.4 is 5.73 Å². The lowest BCUT2D eigenvalue weighted by Crippen LogP contribution is -2.18. The smallest absolute Gasteiger partial charge is 0.326 e. The van der Waals surface area contributed by atoms with Crippen LogP contribution in [0.25, 0.3) is 11.3 Å². The van der Waals surface area contributed by atoms with Crippen LogP contribution in [0.4, 0.5) is 0 Å². The number of halogens is 1. The van der Waals surface area contributed by atoms with E-state index in [0.717, 1.165) is 36.3 Å². The summed E-state index contributed by atoms with van der Waals surface area (Å²) in [5.41, 5.74) is 9.04. The van der Waals surface area contributed by atoms with E-state index in [2.05, 4.69) is 31.2 Å². The number of ether oxygens (including phenoxy) is 1. The zero-order valence-electron chi connectivity index (χ0n) is 20.9. The van der Waals surface area contributed by atoms with Crippen molar-refractivity contribution in [3.63, 3.8) is 0 Å². The zero-order valence-corrected chi connectivity index (χ0v) is 21.7. The fourth-order valence-electron chi connectivity index (χ4n) is 3.93. The van der Waals surface area contributed by atoms with E-state index in [1.807, 2.05) is 24.6 Å². The maximum absolute atomic E-state index is 12.2. The number of esters is 1. The average molecular weight is 478 g/mol. The normalized spacial score (nSPS) is 10.9. The lowest BCUT2D eigenvalue weighted by Gasteiger charge is -2.10. The number of carbonyl (C=O) groups is 1. The summed E-state index contributed by atoms with van der Waals surface area (Å²) >= 11 is 0. The molecule has 0 aliphatic carbocycles. The number of aryl methyl sites for hydroxylation is 2. The monoisotopic (exact) mass is 477 g/mol. The molecule has 0 unspecified atom stereocenters. The first-order chi connectivity index (χ1) is 15.5. The quantitative estimate of drug-likeness (QED) is 0.221. The first-order valence-electron chi connectivity index (χ1n) is 12.6. The fourth-order valence-corrected chi connectivity index (χ4v) is 3.93. The van der Waals surface area contributed by atoms with Crippen molar-refractivity contribution in [2.45, 2.75) is 104 Å². The number of hydrogen-bond donors (Lipinski definition) is 1. The molecule has 2 rings (SSSR count). The van der Waals surface area contributed by atoms with Crippen molar-refractivity contribution in [3.05, 3.63) is 41.9 Å². The standard InChI is InChI=1S/C27H43N3O2.ClH/c1-4-5-6-7-8-9-10-11-13-23-15-17-24(18-16-23)25-20-30(21-27(31)32-22(2)3)26(29-25)14-12-19-28;/h15-18,20,22H,4-14,19,21,28H2,1-3H3;1H. The highest BCUT2D eigenvalue weighted by Gasteiger charge is 2.14. The van der Waals surface area contributed by atoms with Gasteiger partial charge in [0, 0.05) is 18.2 Å². The molecule has 2 N–H and O–H groups in total. The summed E-state index contributed by atoms with van der Waals surface area (Å²) < 4.78 is 7.22. The number of nitrogens with zero attached hydrogens (tertiary/aromatic N) is 2. The van der Waals surface area contributed by atoms with Gasteiger partial charge >= 0.3 is 5.97 Å². The first kappa shape index (κ1) is 29.2. The molecule has 0 saturated heterocycles. The first-order valence-corrected chi connectivity index (χ1v) is 12.6. The molecular formula is C27H44ClN3O2. The van der Waals surface area contributed by atoms with Crippen LogP contribution in [0, 0.1) is 0 Å². The Morgan fingerprint density at radius 2 is 1.61 bits per heavy atom. The van der Waals surface area contributed by atoms with E-state index in [4.69, 9.17) is 15.5 Å². The average Bonchev–Trinajstić information content (AvgIpc) is 3.16. The van der Waals surface area contributed by atoms with Crippen molar-refractivity contribution in [1.29, 1.82) is 0 Å². The molecule has 0 bridgehead atoms. The van der Waals surface area contributed by atoms with Crippen molar-refractivity contribution in [3.8, 4) is 11.3 Å². The number of aromatic nitrogens is 2. The van der Waals surface area contributed by atoms with Gasteiger partial charge in [0.05, 0.1) is 11.8 Å². The van der Waals surface area contributed by atoms with Gasteiger partial charge in [0.1, 0.15) is 12.4 Å². The third-order valence-electron chi connectivity index (χ3n) is 5.70. The topological polar surface area (TPSA) is 70.1 Å². The second kappa shape index (κ2) is 16.7. The molecule has 2 aromatic rings. The highest BCUT2D eigenvalue weighted by molar-refractivity contribution is 5.85. The van der Waals surface area contributed by atoms with Crippen LogP contribution in [-0.2, 0) is 28.9 Å². The van der Waals surface area contributed by atoms with Crippen molar-refractivity contribution in [1.82, 2.24) is 9.55 Å². The van der Waals surface area contributed by atoms with Gasteiger partial charge in [-0.2, -0.15) is 0 Å². The molecule has 186 valence electrons. The van der Waals surface area contributed by atoms with Gasteiger partial charge in [-0.1, -0.05) is 76.1 Å². The molecule has 0 aliphatic rings. The van der Waals surface area contributed by atoms with Gasteiger partial charge in [-0.15, -0.1) is 12.4 Å². The second-order valence-corrected chi connectivity index (χ2v) is 9.02. The maximum atomic E-state index is 12.2. The minimum absolute atomic E-state index is 0. The highest BCUT2D eigenvalue weighted by Crippen LogP contribution is 2.21. The van der Waals surface area contributed by atoms with Crippen LogP contribution in [0.5, 0.6) is 0 Å². The maximum Gasteiger partial charge on any atom is 0.326 e. The van der Waals surface area contributed by atoms with E-state index in [0.29, 0.717) is 6.54 Å². The van der Waals surface area contributed by atoms with Gasteiger partial charge in [-0.3, -0.25) is 4.79 Å². The SMILES string of the molecule is CCCCCCCCCCc1ccc(-c2cn(CC(=O)OC(C)C)c(CCCN)n2)cc1.Cl. The van der Waals surface area contributed by atoms with Gasteiger partial charge in [0.15, 0.2) is 0 Å². The van der Waals surface area contributed by atoms with Crippen molar-refractivity contribution in [2.24, 2.45) is 5.73 Å². The lowest BCUT2D eigenvalue weighted by atomic mass is 10.0. The van der Waals surface area contributed by atoms with Crippen molar-refractivity contribution < 1.29 is 9.53 Å².